The Morgan fingerprint density at radius 3 is 2.03 bits per heavy atom. The number of aliphatic hydroxyl groups excluding tert-OH is 6. The Morgan fingerprint density at radius 1 is 0.842 bits per heavy atom. The standard InChI is InChI=1S/C25H38O13/c1-6-8(2)14(26)13-16(28)9(3)15(27)10(4)23(13)38-25-22(34)20(32)18(30)12(37-25)7-35-24-21(33)19(31)17(29)11(5)36-24/h8,11-12,17-22,24-25,27-34H,6-7H2,1-5H3/t8-,11+,12-,17+,18-,19-,20+,21-,22-,24-,25+/m1/s1. The van der Waals surface area contributed by atoms with Crippen molar-refractivity contribution in [3.8, 4) is 17.2 Å². The number of Topliss-reactive ketones (excluding diaryl/α,β-unsaturated/α-hetero) is 1. The Morgan fingerprint density at radius 2 is 1.42 bits per heavy atom. The van der Waals surface area contributed by atoms with Crippen LogP contribution in [0.1, 0.15) is 48.7 Å². The normalized spacial score (nSPS) is 36.6. The van der Waals surface area contributed by atoms with Gasteiger partial charge in [-0.05, 0) is 27.2 Å². The van der Waals surface area contributed by atoms with Gasteiger partial charge in [0, 0.05) is 17.0 Å². The molecule has 13 heteroatoms. The number of carbonyl (C=O) groups excluding carboxylic acids is 1. The van der Waals surface area contributed by atoms with Crippen LogP contribution >= 0.6 is 0 Å². The SMILES string of the molecule is CC[C@@H](C)C(=O)c1c(O)c(C)c(O)c(C)c1O[C@@H]1O[C@H](CO[C@@H]2O[C@@H](C)[C@H](O)[C@@H](O)[C@H]2O)[C@@H](O)[C@H](O)[C@H]1O. The van der Waals surface area contributed by atoms with E-state index in [-0.39, 0.29) is 28.2 Å². The lowest BCUT2D eigenvalue weighted by Gasteiger charge is -2.42. The molecule has 216 valence electrons. The third-order valence-electron chi connectivity index (χ3n) is 7.31. The molecule has 0 saturated carbocycles. The number of hydrogen-bond acceptors (Lipinski definition) is 13. The maximum Gasteiger partial charge on any atom is 0.229 e. The second-order valence-corrected chi connectivity index (χ2v) is 9.97. The molecule has 0 spiro atoms. The van der Waals surface area contributed by atoms with E-state index in [1.807, 2.05) is 0 Å². The number of rotatable bonds is 8. The number of benzene rings is 1. The number of ketones is 1. The number of carbonyl (C=O) groups is 1. The van der Waals surface area contributed by atoms with Gasteiger partial charge in [0.1, 0.15) is 65.5 Å². The second kappa shape index (κ2) is 12.0. The monoisotopic (exact) mass is 546 g/mol. The molecular formula is C25H38O13. The summed E-state index contributed by atoms with van der Waals surface area (Å²) in [6.07, 6.45) is -14.7. The van der Waals surface area contributed by atoms with Gasteiger partial charge in [0.2, 0.25) is 6.29 Å². The summed E-state index contributed by atoms with van der Waals surface area (Å²) in [5.74, 6) is -2.11. The number of phenolic OH excluding ortho intramolecular Hbond substituents is 2. The van der Waals surface area contributed by atoms with Crippen molar-refractivity contribution in [3.63, 3.8) is 0 Å². The molecule has 2 aliphatic heterocycles. The van der Waals surface area contributed by atoms with Gasteiger partial charge in [-0.2, -0.15) is 0 Å². The maximum absolute atomic E-state index is 13.1. The molecule has 2 heterocycles. The summed E-state index contributed by atoms with van der Waals surface area (Å²) in [6, 6.07) is 0. The zero-order valence-electron chi connectivity index (χ0n) is 21.9. The zero-order chi connectivity index (χ0) is 28.6. The highest BCUT2D eigenvalue weighted by molar-refractivity contribution is 6.03. The summed E-state index contributed by atoms with van der Waals surface area (Å²) in [6.45, 7) is 7.25. The molecule has 2 saturated heterocycles. The van der Waals surface area contributed by atoms with Crippen molar-refractivity contribution in [3.05, 3.63) is 16.7 Å². The van der Waals surface area contributed by atoms with Crippen LogP contribution in [0.5, 0.6) is 17.2 Å². The van der Waals surface area contributed by atoms with E-state index in [4.69, 9.17) is 18.9 Å². The number of ether oxygens (including phenoxy) is 4. The molecule has 8 N–H and O–H groups in total. The average molecular weight is 547 g/mol. The number of aromatic hydroxyl groups is 2. The molecule has 0 aliphatic carbocycles. The lowest BCUT2D eigenvalue weighted by atomic mass is 9.91. The minimum absolute atomic E-state index is 0.0564. The van der Waals surface area contributed by atoms with Gasteiger partial charge >= 0.3 is 0 Å². The van der Waals surface area contributed by atoms with Crippen LogP contribution < -0.4 is 4.74 Å². The Bertz CT molecular complexity index is 1000. The van der Waals surface area contributed by atoms with Crippen molar-refractivity contribution >= 4 is 5.78 Å². The molecule has 1 aromatic carbocycles. The number of phenols is 2. The van der Waals surface area contributed by atoms with E-state index in [1.54, 1.807) is 13.8 Å². The van der Waals surface area contributed by atoms with Gasteiger partial charge in [-0.15, -0.1) is 0 Å². The van der Waals surface area contributed by atoms with Gasteiger partial charge in [-0.1, -0.05) is 13.8 Å². The number of hydrogen-bond donors (Lipinski definition) is 8. The highest BCUT2D eigenvalue weighted by Gasteiger charge is 2.48. The van der Waals surface area contributed by atoms with Crippen LogP contribution in [0.25, 0.3) is 0 Å². The minimum atomic E-state index is -1.81. The predicted octanol–water partition coefficient (Wildman–Crippen LogP) is -1.03. The van der Waals surface area contributed by atoms with Gasteiger partial charge in [0.05, 0.1) is 12.7 Å². The van der Waals surface area contributed by atoms with Crippen molar-refractivity contribution in [1.29, 1.82) is 0 Å². The topological polar surface area (TPSA) is 216 Å². The fourth-order valence-corrected chi connectivity index (χ4v) is 4.40. The summed E-state index contributed by atoms with van der Waals surface area (Å²) in [5, 5.41) is 82.7. The van der Waals surface area contributed by atoms with Crippen molar-refractivity contribution < 1.29 is 64.6 Å². The van der Waals surface area contributed by atoms with Crippen LogP contribution in [0.4, 0.5) is 0 Å². The first-order valence-electron chi connectivity index (χ1n) is 12.5. The highest BCUT2D eigenvalue weighted by Crippen LogP contribution is 2.44. The highest BCUT2D eigenvalue weighted by atomic mass is 16.7. The molecule has 11 atom stereocenters. The molecular weight excluding hydrogens is 508 g/mol. The van der Waals surface area contributed by atoms with Gasteiger partial charge in [-0.3, -0.25) is 4.79 Å². The van der Waals surface area contributed by atoms with Gasteiger partial charge < -0.3 is 59.8 Å². The Labute approximate surface area is 219 Å². The van der Waals surface area contributed by atoms with Crippen molar-refractivity contribution in [2.75, 3.05) is 6.61 Å². The van der Waals surface area contributed by atoms with E-state index in [1.165, 1.54) is 20.8 Å². The van der Waals surface area contributed by atoms with Crippen LogP contribution in [0, 0.1) is 19.8 Å². The zero-order valence-corrected chi connectivity index (χ0v) is 21.9. The summed E-state index contributed by atoms with van der Waals surface area (Å²) in [5.41, 5.74) is -0.0889. The molecule has 3 rings (SSSR count). The van der Waals surface area contributed by atoms with Crippen molar-refractivity contribution in [2.45, 2.75) is 102 Å². The van der Waals surface area contributed by atoms with E-state index in [2.05, 4.69) is 0 Å². The van der Waals surface area contributed by atoms with E-state index >= 15 is 0 Å². The van der Waals surface area contributed by atoms with E-state index in [0.29, 0.717) is 6.42 Å². The number of aliphatic hydroxyl groups is 6. The molecule has 0 bridgehead atoms. The molecule has 38 heavy (non-hydrogen) atoms. The van der Waals surface area contributed by atoms with Crippen molar-refractivity contribution in [2.24, 2.45) is 5.92 Å². The summed E-state index contributed by atoms with van der Waals surface area (Å²) < 4.78 is 22.2. The first kappa shape index (κ1) is 30.5. The predicted molar refractivity (Wildman–Crippen MR) is 129 cm³/mol. The first-order chi connectivity index (χ1) is 17.7. The molecule has 2 aliphatic rings. The summed E-state index contributed by atoms with van der Waals surface area (Å²) in [4.78, 5) is 13.1. The largest absolute Gasteiger partial charge is 0.507 e. The van der Waals surface area contributed by atoms with Gasteiger partial charge in [-0.25, -0.2) is 0 Å². The van der Waals surface area contributed by atoms with E-state index in [9.17, 15) is 45.6 Å². The quantitative estimate of drug-likeness (QED) is 0.183. The summed E-state index contributed by atoms with van der Waals surface area (Å²) in [7, 11) is 0. The first-order valence-corrected chi connectivity index (χ1v) is 12.5. The lowest BCUT2D eigenvalue weighted by Crippen LogP contribution is -2.61. The van der Waals surface area contributed by atoms with Gasteiger partial charge in [0.15, 0.2) is 12.1 Å². The third-order valence-corrected chi connectivity index (χ3v) is 7.31. The van der Waals surface area contributed by atoms with Crippen LogP contribution in [-0.4, -0.2) is 115 Å². The van der Waals surface area contributed by atoms with Crippen molar-refractivity contribution in [1.82, 2.24) is 0 Å². The fourth-order valence-electron chi connectivity index (χ4n) is 4.40. The van der Waals surface area contributed by atoms with Crippen LogP contribution in [-0.2, 0) is 14.2 Å². The Kier molecular flexibility index (Phi) is 9.61. The molecule has 0 aromatic heterocycles. The van der Waals surface area contributed by atoms with Crippen LogP contribution in [0.2, 0.25) is 0 Å². The second-order valence-electron chi connectivity index (χ2n) is 9.97. The molecule has 0 amide bonds. The minimum Gasteiger partial charge on any atom is -0.507 e. The average Bonchev–Trinajstić information content (AvgIpc) is 2.90. The fraction of sp³-hybridized carbons (Fsp3) is 0.720. The molecule has 2 fully saturated rings. The third kappa shape index (κ3) is 5.62. The molecule has 1 aromatic rings. The Hall–Kier alpha value is -2.07. The van der Waals surface area contributed by atoms with Crippen LogP contribution in [0.3, 0.4) is 0 Å². The summed E-state index contributed by atoms with van der Waals surface area (Å²) >= 11 is 0. The smallest absolute Gasteiger partial charge is 0.229 e. The van der Waals surface area contributed by atoms with E-state index in [0.717, 1.165) is 0 Å². The lowest BCUT2D eigenvalue weighted by molar-refractivity contribution is -0.318. The van der Waals surface area contributed by atoms with Gasteiger partial charge in [0.25, 0.3) is 0 Å². The van der Waals surface area contributed by atoms with Crippen LogP contribution in [0.15, 0.2) is 0 Å². The molecule has 13 nitrogen and oxygen atoms in total. The maximum atomic E-state index is 13.1. The van der Waals surface area contributed by atoms with E-state index < -0.39 is 85.5 Å². The molecule has 0 radical (unpaired) electrons. The Balaban J connectivity index is 1.86. The molecule has 0 unspecified atom stereocenters.